The van der Waals surface area contributed by atoms with Gasteiger partial charge in [-0.25, -0.2) is 17.6 Å². The highest BCUT2D eigenvalue weighted by molar-refractivity contribution is 7.89. The number of hydrogen-bond donors (Lipinski definition) is 0. The van der Waals surface area contributed by atoms with Crippen molar-refractivity contribution in [2.24, 2.45) is 0 Å². The van der Waals surface area contributed by atoms with Gasteiger partial charge in [-0.2, -0.15) is 4.31 Å². The highest BCUT2D eigenvalue weighted by atomic mass is 35.5. The topological polar surface area (TPSA) is 70.2 Å². The van der Waals surface area contributed by atoms with E-state index in [0.717, 1.165) is 25.8 Å². The zero-order valence-corrected chi connectivity index (χ0v) is 22.9. The molecule has 0 unspecified atom stereocenters. The summed E-state index contributed by atoms with van der Waals surface area (Å²) in [7, 11) is -1.90. The van der Waals surface area contributed by atoms with Gasteiger partial charge in [-0.3, -0.25) is 0 Å². The summed E-state index contributed by atoms with van der Waals surface area (Å²) >= 11 is 6.00. The maximum Gasteiger partial charge on any atom is 0.409 e. The van der Waals surface area contributed by atoms with Crippen LogP contribution in [0.3, 0.4) is 0 Å². The van der Waals surface area contributed by atoms with E-state index in [4.69, 9.17) is 16.3 Å². The molecule has 2 fully saturated rings. The Kier molecular flexibility index (Phi) is 9.11. The Bertz CT molecular complexity index is 1170. The van der Waals surface area contributed by atoms with Crippen LogP contribution in [0, 0.1) is 5.82 Å². The molecule has 4 rings (SSSR count). The summed E-state index contributed by atoms with van der Waals surface area (Å²) in [6.07, 6.45) is 3.14. The van der Waals surface area contributed by atoms with Gasteiger partial charge in [-0.1, -0.05) is 30.7 Å². The molecule has 0 aromatic heterocycles. The van der Waals surface area contributed by atoms with Crippen LogP contribution in [-0.4, -0.2) is 74.0 Å². The molecule has 1 amide bonds. The van der Waals surface area contributed by atoms with Crippen LogP contribution in [0.2, 0.25) is 5.02 Å². The lowest BCUT2D eigenvalue weighted by molar-refractivity contribution is 0.0503. The third kappa shape index (κ3) is 6.45. The molecule has 37 heavy (non-hydrogen) atoms. The smallest absolute Gasteiger partial charge is 0.409 e. The summed E-state index contributed by atoms with van der Waals surface area (Å²) in [5, 5.41) is 0.429. The molecule has 10 heteroatoms. The molecule has 0 saturated carbocycles. The van der Waals surface area contributed by atoms with Crippen LogP contribution in [0.15, 0.2) is 53.4 Å². The van der Waals surface area contributed by atoms with Crippen LogP contribution in [-0.2, 0) is 14.8 Å². The molecule has 202 valence electrons. The maximum atomic E-state index is 14.1. The number of benzene rings is 2. The molecule has 0 spiro atoms. The first-order valence-corrected chi connectivity index (χ1v) is 14.7. The quantitative estimate of drug-likeness (QED) is 0.466. The monoisotopic (exact) mass is 551 g/mol. The molecule has 2 saturated heterocycles. The first-order chi connectivity index (χ1) is 17.7. The number of carbonyl (C=O) groups is 1. The minimum absolute atomic E-state index is 0.0632. The number of carbonyl (C=O) groups excluding carboxylic acids is 1. The van der Waals surface area contributed by atoms with Crippen LogP contribution >= 0.6 is 11.6 Å². The highest BCUT2D eigenvalue weighted by Crippen LogP contribution is 2.39. The molecule has 7 nitrogen and oxygen atoms in total. The molecule has 2 heterocycles. The average Bonchev–Trinajstić information content (AvgIpc) is 2.91. The Morgan fingerprint density at radius 1 is 1.11 bits per heavy atom. The Morgan fingerprint density at radius 2 is 1.81 bits per heavy atom. The molecule has 0 aliphatic carbocycles. The Labute approximate surface area is 224 Å². The summed E-state index contributed by atoms with van der Waals surface area (Å²) < 4.78 is 49.0. The SMILES string of the molecule is CCN(C)C1CCN(C(=O)OC[C@H]2CCC[C@@H](c3cccc(F)c3)N2S(=O)(=O)c2ccc(Cl)cc2)CC1. The predicted molar refractivity (Wildman–Crippen MR) is 142 cm³/mol. The van der Waals surface area contributed by atoms with E-state index in [9.17, 15) is 17.6 Å². The molecule has 2 aliphatic rings. The number of ether oxygens (including phenoxy) is 1. The number of sulfonamides is 1. The molecule has 2 aromatic carbocycles. The lowest BCUT2D eigenvalue weighted by Crippen LogP contribution is -2.49. The Morgan fingerprint density at radius 3 is 2.46 bits per heavy atom. The first kappa shape index (κ1) is 27.8. The average molecular weight is 552 g/mol. The van der Waals surface area contributed by atoms with Crippen molar-refractivity contribution in [1.29, 1.82) is 0 Å². The summed E-state index contributed by atoms with van der Waals surface area (Å²) in [5.41, 5.74) is 0.579. The second kappa shape index (κ2) is 12.1. The van der Waals surface area contributed by atoms with Gasteiger partial charge >= 0.3 is 6.09 Å². The predicted octanol–water partition coefficient (Wildman–Crippen LogP) is 5.32. The van der Waals surface area contributed by atoms with Crippen LogP contribution < -0.4 is 0 Å². The van der Waals surface area contributed by atoms with Gasteiger partial charge in [0.2, 0.25) is 10.0 Å². The number of likely N-dealkylation sites (tertiary alicyclic amines) is 1. The number of halogens is 2. The van der Waals surface area contributed by atoms with Crippen LogP contribution in [0.4, 0.5) is 9.18 Å². The standard InChI is InChI=1S/C27H35ClFN3O4S/c1-3-30(2)23-14-16-31(17-15-23)27(33)36-19-24-8-5-9-26(20-6-4-7-22(29)18-20)32(24)37(34,35)25-12-10-21(28)11-13-25/h4,6-7,10-13,18,23-24,26H,3,5,8-9,14-17,19H2,1-2H3/t24-,26+/m1/s1. The van der Waals surface area contributed by atoms with Crippen molar-refractivity contribution in [1.82, 2.24) is 14.1 Å². The van der Waals surface area contributed by atoms with Gasteiger partial charge in [0.25, 0.3) is 0 Å². The number of hydrogen-bond acceptors (Lipinski definition) is 5. The van der Waals surface area contributed by atoms with Gasteiger partial charge in [0.15, 0.2) is 0 Å². The van der Waals surface area contributed by atoms with E-state index in [0.29, 0.717) is 42.6 Å². The molecule has 0 bridgehead atoms. The third-order valence-corrected chi connectivity index (χ3v) is 9.78. The summed E-state index contributed by atoms with van der Waals surface area (Å²) in [6, 6.07) is 11.3. The largest absolute Gasteiger partial charge is 0.448 e. The minimum atomic E-state index is -3.99. The second-order valence-electron chi connectivity index (χ2n) is 9.81. The van der Waals surface area contributed by atoms with Crippen molar-refractivity contribution in [2.45, 2.75) is 62.0 Å². The number of amides is 1. The summed E-state index contributed by atoms with van der Waals surface area (Å²) in [4.78, 5) is 17.0. The third-order valence-electron chi connectivity index (χ3n) is 7.55. The lowest BCUT2D eigenvalue weighted by Gasteiger charge is -2.41. The zero-order chi connectivity index (χ0) is 26.6. The van der Waals surface area contributed by atoms with Crippen molar-refractivity contribution in [2.75, 3.05) is 33.3 Å². The maximum absolute atomic E-state index is 14.1. The van der Waals surface area contributed by atoms with E-state index < -0.39 is 34.0 Å². The number of piperidine rings is 2. The van der Waals surface area contributed by atoms with Crippen molar-refractivity contribution in [3.05, 3.63) is 64.9 Å². The van der Waals surface area contributed by atoms with Gasteiger partial charge < -0.3 is 14.5 Å². The van der Waals surface area contributed by atoms with Crippen LogP contribution in [0.1, 0.15) is 50.6 Å². The normalized spacial score (nSPS) is 21.8. The van der Waals surface area contributed by atoms with Gasteiger partial charge in [-0.15, -0.1) is 0 Å². The van der Waals surface area contributed by atoms with E-state index in [1.807, 2.05) is 0 Å². The van der Waals surface area contributed by atoms with Gasteiger partial charge in [0, 0.05) is 24.2 Å². The summed E-state index contributed by atoms with van der Waals surface area (Å²) in [6.45, 7) is 4.23. The van der Waals surface area contributed by atoms with E-state index in [2.05, 4.69) is 18.9 Å². The number of rotatable bonds is 7. The van der Waals surface area contributed by atoms with Crippen molar-refractivity contribution < 1.29 is 22.3 Å². The fraction of sp³-hybridized carbons (Fsp3) is 0.519. The van der Waals surface area contributed by atoms with Crippen LogP contribution in [0.5, 0.6) is 0 Å². The fourth-order valence-corrected chi connectivity index (χ4v) is 7.31. The molecule has 2 atom stereocenters. The van der Waals surface area contributed by atoms with Crippen molar-refractivity contribution in [3.63, 3.8) is 0 Å². The Hall–Kier alpha value is -2.20. The van der Waals surface area contributed by atoms with E-state index in [1.54, 1.807) is 17.0 Å². The molecule has 2 aromatic rings. The fourth-order valence-electron chi connectivity index (χ4n) is 5.34. The molecule has 0 radical (unpaired) electrons. The van der Waals surface area contributed by atoms with Crippen LogP contribution in [0.25, 0.3) is 0 Å². The molecular formula is C27H35ClFN3O4S. The van der Waals surface area contributed by atoms with E-state index in [1.165, 1.54) is 40.7 Å². The van der Waals surface area contributed by atoms with Gasteiger partial charge in [-0.05, 0) is 87.7 Å². The second-order valence-corrected chi connectivity index (χ2v) is 12.1. The van der Waals surface area contributed by atoms with Gasteiger partial charge in [0.05, 0.1) is 17.0 Å². The van der Waals surface area contributed by atoms with Gasteiger partial charge in [0.1, 0.15) is 12.4 Å². The van der Waals surface area contributed by atoms with E-state index in [-0.39, 0.29) is 11.5 Å². The zero-order valence-electron chi connectivity index (χ0n) is 21.4. The van der Waals surface area contributed by atoms with Crippen molar-refractivity contribution in [3.8, 4) is 0 Å². The Balaban J connectivity index is 1.54. The number of nitrogens with zero attached hydrogens (tertiary/aromatic N) is 3. The lowest BCUT2D eigenvalue weighted by atomic mass is 9.93. The molecule has 0 N–H and O–H groups in total. The van der Waals surface area contributed by atoms with E-state index >= 15 is 0 Å². The molecular weight excluding hydrogens is 517 g/mol. The minimum Gasteiger partial charge on any atom is -0.448 e. The summed E-state index contributed by atoms with van der Waals surface area (Å²) in [5.74, 6) is -0.424. The first-order valence-electron chi connectivity index (χ1n) is 12.9. The van der Waals surface area contributed by atoms with Crippen molar-refractivity contribution >= 4 is 27.7 Å². The molecule has 2 aliphatic heterocycles. The highest BCUT2D eigenvalue weighted by Gasteiger charge is 2.41.